The molecule has 76 valence electrons. The molecule has 1 aromatic rings. The molecular weight excluding hydrogens is 210 g/mol. The molecule has 0 bridgehead atoms. The summed E-state index contributed by atoms with van der Waals surface area (Å²) in [5, 5.41) is 21.4. The topological polar surface area (TPSA) is 105 Å². The highest BCUT2D eigenvalue weighted by Gasteiger charge is 2.15. The van der Waals surface area contributed by atoms with Crippen molar-refractivity contribution in [3.05, 3.63) is 16.3 Å². The minimum Gasteiger partial charge on any atom is -0.480 e. The number of hydrogen-bond donors (Lipinski definition) is 2. The second kappa shape index (κ2) is 4.01. The number of rotatable bonds is 4. The van der Waals surface area contributed by atoms with Crippen molar-refractivity contribution in [1.29, 1.82) is 0 Å². The summed E-state index contributed by atoms with van der Waals surface area (Å²) in [6.07, 6.45) is 1.08. The third-order valence-electron chi connectivity index (χ3n) is 1.38. The average molecular weight is 217 g/mol. The van der Waals surface area contributed by atoms with E-state index in [1.165, 1.54) is 6.92 Å². The van der Waals surface area contributed by atoms with E-state index in [1.807, 2.05) is 0 Å². The molecule has 0 spiro atoms. The van der Waals surface area contributed by atoms with Gasteiger partial charge < -0.3 is 10.4 Å². The van der Waals surface area contributed by atoms with Crippen LogP contribution in [0.3, 0.4) is 0 Å². The number of carbonyl (C=O) groups is 1. The number of thiazole rings is 1. The lowest BCUT2D eigenvalue weighted by Crippen LogP contribution is -2.25. The fourth-order valence-corrected chi connectivity index (χ4v) is 1.38. The first-order valence-corrected chi connectivity index (χ1v) is 4.42. The van der Waals surface area contributed by atoms with Crippen LogP contribution in [0.5, 0.6) is 0 Å². The SMILES string of the molecule is CC(Nc1ncc([N+](=O)[O-])s1)C(=O)O. The van der Waals surface area contributed by atoms with Gasteiger partial charge in [-0.1, -0.05) is 0 Å². The highest BCUT2D eigenvalue weighted by molar-refractivity contribution is 7.18. The van der Waals surface area contributed by atoms with Crippen molar-refractivity contribution >= 4 is 27.4 Å². The van der Waals surface area contributed by atoms with Crippen LogP contribution in [-0.4, -0.2) is 27.0 Å². The number of carboxylic acids is 1. The normalized spacial score (nSPS) is 12.1. The summed E-state index contributed by atoms with van der Waals surface area (Å²) in [5.41, 5.74) is 0. The third-order valence-corrected chi connectivity index (χ3v) is 2.26. The zero-order valence-electron chi connectivity index (χ0n) is 7.13. The van der Waals surface area contributed by atoms with E-state index >= 15 is 0 Å². The highest BCUT2D eigenvalue weighted by Crippen LogP contribution is 2.25. The van der Waals surface area contributed by atoms with Crippen molar-refractivity contribution < 1.29 is 14.8 Å². The van der Waals surface area contributed by atoms with E-state index in [2.05, 4.69) is 10.3 Å². The van der Waals surface area contributed by atoms with Gasteiger partial charge in [-0.2, -0.15) is 0 Å². The Kier molecular flexibility index (Phi) is 2.97. The van der Waals surface area contributed by atoms with Crippen molar-refractivity contribution in [3.8, 4) is 0 Å². The monoisotopic (exact) mass is 217 g/mol. The Morgan fingerprint density at radius 2 is 2.50 bits per heavy atom. The first-order chi connectivity index (χ1) is 6.50. The largest absolute Gasteiger partial charge is 0.480 e. The van der Waals surface area contributed by atoms with Gasteiger partial charge in [0.2, 0.25) is 0 Å². The standard InChI is InChI=1S/C6H7N3O4S/c1-3(5(10)11)8-6-7-2-4(14-6)9(12)13/h2-3H,1H3,(H,7,8)(H,10,11). The molecule has 0 aliphatic carbocycles. The molecule has 1 unspecified atom stereocenters. The number of carboxylic acid groups (broad SMARTS) is 1. The van der Waals surface area contributed by atoms with Gasteiger partial charge in [0, 0.05) is 0 Å². The summed E-state index contributed by atoms with van der Waals surface area (Å²) in [5.74, 6) is -1.04. The van der Waals surface area contributed by atoms with Gasteiger partial charge in [0.15, 0.2) is 5.13 Å². The van der Waals surface area contributed by atoms with Gasteiger partial charge in [-0.25, -0.2) is 4.98 Å². The zero-order valence-corrected chi connectivity index (χ0v) is 7.95. The summed E-state index contributed by atoms with van der Waals surface area (Å²) in [6.45, 7) is 1.43. The first-order valence-electron chi connectivity index (χ1n) is 3.60. The summed E-state index contributed by atoms with van der Waals surface area (Å²) >= 11 is 0.802. The van der Waals surface area contributed by atoms with Crippen LogP contribution in [-0.2, 0) is 4.79 Å². The van der Waals surface area contributed by atoms with Crippen LogP contribution < -0.4 is 5.32 Å². The van der Waals surface area contributed by atoms with Gasteiger partial charge in [-0.15, -0.1) is 0 Å². The molecule has 1 rings (SSSR count). The summed E-state index contributed by atoms with van der Waals surface area (Å²) in [7, 11) is 0. The molecular formula is C6H7N3O4S. The molecule has 0 amide bonds. The fraction of sp³-hybridized carbons (Fsp3) is 0.333. The van der Waals surface area contributed by atoms with Gasteiger partial charge >= 0.3 is 11.0 Å². The molecule has 8 heteroatoms. The van der Waals surface area contributed by atoms with Crippen LogP contribution >= 0.6 is 11.3 Å². The van der Waals surface area contributed by atoms with E-state index in [-0.39, 0.29) is 10.1 Å². The minimum absolute atomic E-state index is 0.120. The number of aliphatic carboxylic acids is 1. The lowest BCUT2D eigenvalue weighted by atomic mass is 10.4. The third kappa shape index (κ3) is 2.39. The summed E-state index contributed by atoms with van der Waals surface area (Å²) in [6, 6.07) is -0.819. The Morgan fingerprint density at radius 1 is 1.86 bits per heavy atom. The maximum atomic E-state index is 10.4. The number of hydrogen-bond acceptors (Lipinski definition) is 6. The highest BCUT2D eigenvalue weighted by atomic mass is 32.1. The van der Waals surface area contributed by atoms with E-state index < -0.39 is 16.9 Å². The Labute approximate surface area is 82.5 Å². The van der Waals surface area contributed by atoms with Crippen molar-refractivity contribution in [2.45, 2.75) is 13.0 Å². The maximum Gasteiger partial charge on any atom is 0.345 e. The molecule has 0 radical (unpaired) electrons. The van der Waals surface area contributed by atoms with Crippen molar-refractivity contribution in [1.82, 2.24) is 4.98 Å². The number of nitrogens with zero attached hydrogens (tertiary/aromatic N) is 2. The number of nitrogens with one attached hydrogen (secondary N) is 1. The molecule has 7 nitrogen and oxygen atoms in total. The predicted octanol–water partition coefficient (Wildman–Crippen LogP) is 0.936. The van der Waals surface area contributed by atoms with E-state index in [0.29, 0.717) is 0 Å². The van der Waals surface area contributed by atoms with E-state index in [1.54, 1.807) is 0 Å². The van der Waals surface area contributed by atoms with Crippen LogP contribution in [0.15, 0.2) is 6.20 Å². The second-order valence-corrected chi connectivity index (χ2v) is 3.47. The maximum absolute atomic E-state index is 10.4. The minimum atomic E-state index is -1.04. The van der Waals surface area contributed by atoms with Crippen LogP contribution in [0.2, 0.25) is 0 Å². The first kappa shape index (κ1) is 10.4. The zero-order chi connectivity index (χ0) is 10.7. The van der Waals surface area contributed by atoms with E-state index in [0.717, 1.165) is 17.5 Å². The molecule has 1 atom stereocenters. The Balaban J connectivity index is 2.69. The van der Waals surface area contributed by atoms with Gasteiger partial charge in [0.05, 0.1) is 4.92 Å². The van der Waals surface area contributed by atoms with Gasteiger partial charge in [0.25, 0.3) is 0 Å². The molecule has 1 heterocycles. The summed E-state index contributed by atoms with van der Waals surface area (Å²) in [4.78, 5) is 23.8. The van der Waals surface area contributed by atoms with Gasteiger partial charge in [0.1, 0.15) is 12.2 Å². The molecule has 0 aliphatic rings. The Hall–Kier alpha value is -1.70. The average Bonchev–Trinajstić information content (AvgIpc) is 2.52. The summed E-state index contributed by atoms with van der Waals surface area (Å²) < 4.78 is 0. The van der Waals surface area contributed by atoms with Gasteiger partial charge in [-0.3, -0.25) is 14.9 Å². The molecule has 0 saturated heterocycles. The number of nitro groups is 1. The quantitative estimate of drug-likeness (QED) is 0.574. The van der Waals surface area contributed by atoms with Crippen LogP contribution in [0, 0.1) is 10.1 Å². The fourth-order valence-electron chi connectivity index (χ4n) is 0.664. The molecule has 0 fully saturated rings. The second-order valence-electron chi connectivity index (χ2n) is 2.47. The molecule has 0 aliphatic heterocycles. The molecule has 1 aromatic heterocycles. The van der Waals surface area contributed by atoms with E-state index in [9.17, 15) is 14.9 Å². The van der Waals surface area contributed by atoms with Gasteiger partial charge in [-0.05, 0) is 18.3 Å². The Morgan fingerprint density at radius 3 is 2.93 bits per heavy atom. The van der Waals surface area contributed by atoms with E-state index in [4.69, 9.17) is 5.11 Å². The van der Waals surface area contributed by atoms with Crippen LogP contribution in [0.4, 0.5) is 10.1 Å². The van der Waals surface area contributed by atoms with Crippen molar-refractivity contribution in [3.63, 3.8) is 0 Å². The molecule has 0 aromatic carbocycles. The predicted molar refractivity (Wildman–Crippen MR) is 49.5 cm³/mol. The van der Waals surface area contributed by atoms with Crippen LogP contribution in [0.1, 0.15) is 6.92 Å². The number of aromatic nitrogens is 1. The molecule has 0 saturated carbocycles. The van der Waals surface area contributed by atoms with Crippen LogP contribution in [0.25, 0.3) is 0 Å². The number of anilines is 1. The molecule has 14 heavy (non-hydrogen) atoms. The van der Waals surface area contributed by atoms with Crippen molar-refractivity contribution in [2.75, 3.05) is 5.32 Å². The smallest absolute Gasteiger partial charge is 0.345 e. The lowest BCUT2D eigenvalue weighted by Gasteiger charge is -2.05. The van der Waals surface area contributed by atoms with Crippen molar-refractivity contribution in [2.24, 2.45) is 0 Å². The molecule has 2 N–H and O–H groups in total. The Bertz CT molecular complexity index is 364. The lowest BCUT2D eigenvalue weighted by molar-refractivity contribution is -0.380.